The predicted octanol–water partition coefficient (Wildman–Crippen LogP) is 5.65. The van der Waals surface area contributed by atoms with Gasteiger partial charge in [0.1, 0.15) is 10.8 Å². The van der Waals surface area contributed by atoms with E-state index in [4.69, 9.17) is 9.73 Å². The Kier molecular flexibility index (Phi) is 4.80. The van der Waals surface area contributed by atoms with Crippen molar-refractivity contribution in [1.82, 2.24) is 4.98 Å². The van der Waals surface area contributed by atoms with Crippen molar-refractivity contribution in [1.29, 1.82) is 0 Å². The zero-order valence-corrected chi connectivity index (χ0v) is 16.0. The second-order valence-electron chi connectivity index (χ2n) is 5.70. The summed E-state index contributed by atoms with van der Waals surface area (Å²) in [6.07, 6.45) is 1.15. The summed E-state index contributed by atoms with van der Waals surface area (Å²) in [4.78, 5) is 8.37. The molecular formula is C19H17IN2OS. The van der Waals surface area contributed by atoms with Crippen LogP contribution in [0.4, 0.5) is 0 Å². The lowest BCUT2D eigenvalue weighted by Crippen LogP contribution is -2.03. The Labute approximate surface area is 159 Å². The predicted molar refractivity (Wildman–Crippen MR) is 111 cm³/mol. The van der Waals surface area contributed by atoms with E-state index in [1.54, 1.807) is 0 Å². The van der Waals surface area contributed by atoms with Crippen LogP contribution in [-0.4, -0.2) is 26.2 Å². The molecule has 3 nitrogen and oxygen atoms in total. The first-order chi connectivity index (χ1) is 11.8. The average molecular weight is 448 g/mol. The maximum Gasteiger partial charge on any atom is 0.151 e. The van der Waals surface area contributed by atoms with Crippen molar-refractivity contribution in [2.24, 2.45) is 4.99 Å². The molecular weight excluding hydrogens is 431 g/mol. The second-order valence-corrected chi connectivity index (χ2v) is 7.78. The molecule has 24 heavy (non-hydrogen) atoms. The number of rotatable bonds is 5. The van der Waals surface area contributed by atoms with Crippen molar-refractivity contribution < 1.29 is 4.74 Å². The quantitative estimate of drug-likeness (QED) is 0.405. The van der Waals surface area contributed by atoms with Crippen molar-refractivity contribution in [2.45, 2.75) is 12.5 Å². The third-order valence-electron chi connectivity index (χ3n) is 3.97. The Morgan fingerprint density at radius 3 is 2.88 bits per heavy atom. The molecule has 4 rings (SSSR count). The van der Waals surface area contributed by atoms with E-state index in [9.17, 15) is 0 Å². The van der Waals surface area contributed by atoms with Crippen LogP contribution in [0, 0.1) is 0 Å². The molecule has 122 valence electrons. The van der Waals surface area contributed by atoms with Gasteiger partial charge >= 0.3 is 0 Å². The second kappa shape index (κ2) is 7.19. The third-order valence-corrected chi connectivity index (χ3v) is 5.75. The standard InChI is InChI=1S/C19H17IN2OS/c20-10-9-14-12-24-19(21-14)16-11-13-5-4-8-17(18(13)22-16)23-15-6-2-1-3-7-15/h1-8,11,14,22H,9-10,12H2/t14-/m1/s1. The minimum Gasteiger partial charge on any atom is -0.455 e. The average Bonchev–Trinajstić information content (AvgIpc) is 3.23. The summed E-state index contributed by atoms with van der Waals surface area (Å²) < 4.78 is 7.20. The zero-order chi connectivity index (χ0) is 16.4. The number of hydrogen-bond acceptors (Lipinski definition) is 3. The maximum atomic E-state index is 6.05. The fraction of sp³-hybridized carbons (Fsp3) is 0.211. The van der Waals surface area contributed by atoms with Crippen molar-refractivity contribution in [3.8, 4) is 11.5 Å². The van der Waals surface area contributed by atoms with Crippen molar-refractivity contribution in [3.63, 3.8) is 0 Å². The highest BCUT2D eigenvalue weighted by molar-refractivity contribution is 14.1. The van der Waals surface area contributed by atoms with Gasteiger partial charge in [0.2, 0.25) is 0 Å². The van der Waals surface area contributed by atoms with Crippen LogP contribution >= 0.6 is 34.4 Å². The van der Waals surface area contributed by atoms with Crippen LogP contribution in [-0.2, 0) is 0 Å². The molecule has 0 unspecified atom stereocenters. The Morgan fingerprint density at radius 2 is 2.04 bits per heavy atom. The van der Waals surface area contributed by atoms with Crippen molar-refractivity contribution >= 4 is 50.3 Å². The van der Waals surface area contributed by atoms with E-state index in [2.05, 4.69) is 39.7 Å². The zero-order valence-electron chi connectivity index (χ0n) is 13.0. The molecule has 1 aliphatic rings. The SMILES string of the molecule is ICC[C@@H]1CSC(c2cc3cccc(Oc4ccccc4)c3[nH]2)=N1. The van der Waals surface area contributed by atoms with Gasteiger partial charge in [-0.3, -0.25) is 4.99 Å². The van der Waals surface area contributed by atoms with Gasteiger partial charge in [0.25, 0.3) is 0 Å². The lowest BCUT2D eigenvalue weighted by Gasteiger charge is -2.06. The van der Waals surface area contributed by atoms with Crippen LogP contribution in [0.25, 0.3) is 10.9 Å². The number of halogens is 1. The first kappa shape index (κ1) is 16.0. The number of para-hydroxylation sites is 2. The van der Waals surface area contributed by atoms with Crippen LogP contribution in [0.5, 0.6) is 11.5 Å². The van der Waals surface area contributed by atoms with Gasteiger partial charge in [0.15, 0.2) is 5.75 Å². The number of alkyl halides is 1. The number of nitrogens with one attached hydrogen (secondary N) is 1. The minimum atomic E-state index is 0.452. The van der Waals surface area contributed by atoms with E-state index in [1.165, 1.54) is 0 Å². The Hall–Kier alpha value is -1.47. The van der Waals surface area contributed by atoms with E-state index in [-0.39, 0.29) is 0 Å². The normalized spacial score (nSPS) is 17.2. The molecule has 0 saturated carbocycles. The summed E-state index contributed by atoms with van der Waals surface area (Å²) in [7, 11) is 0. The fourth-order valence-electron chi connectivity index (χ4n) is 2.78. The van der Waals surface area contributed by atoms with Gasteiger partial charge in [-0.05, 0) is 30.7 Å². The summed E-state index contributed by atoms with van der Waals surface area (Å²) in [5, 5.41) is 2.27. The maximum absolute atomic E-state index is 6.05. The molecule has 0 fully saturated rings. The molecule has 5 heteroatoms. The van der Waals surface area contributed by atoms with Crippen LogP contribution in [0.1, 0.15) is 12.1 Å². The molecule has 0 bridgehead atoms. The molecule has 0 amide bonds. The van der Waals surface area contributed by atoms with E-state index >= 15 is 0 Å². The van der Waals surface area contributed by atoms with E-state index in [1.807, 2.05) is 54.2 Å². The first-order valence-electron chi connectivity index (χ1n) is 7.95. The van der Waals surface area contributed by atoms with Gasteiger partial charge < -0.3 is 9.72 Å². The summed E-state index contributed by atoms with van der Waals surface area (Å²) in [5.41, 5.74) is 2.12. The summed E-state index contributed by atoms with van der Waals surface area (Å²) in [6.45, 7) is 0. The summed E-state index contributed by atoms with van der Waals surface area (Å²) in [5.74, 6) is 2.77. The van der Waals surface area contributed by atoms with E-state index in [0.29, 0.717) is 6.04 Å². The highest BCUT2D eigenvalue weighted by Gasteiger charge is 2.20. The molecule has 1 N–H and O–H groups in total. The minimum absolute atomic E-state index is 0.452. The highest BCUT2D eigenvalue weighted by atomic mass is 127. The highest BCUT2D eigenvalue weighted by Crippen LogP contribution is 2.32. The van der Waals surface area contributed by atoms with Crippen LogP contribution in [0.3, 0.4) is 0 Å². The number of aromatic nitrogens is 1. The number of nitrogens with zero attached hydrogens (tertiary/aromatic N) is 1. The fourth-order valence-corrected chi connectivity index (χ4v) is 4.58. The van der Waals surface area contributed by atoms with Gasteiger partial charge in [0, 0.05) is 15.6 Å². The molecule has 2 heterocycles. The number of thioether (sulfide) groups is 1. The van der Waals surface area contributed by atoms with Crippen molar-refractivity contribution in [2.75, 3.05) is 10.2 Å². The topological polar surface area (TPSA) is 37.4 Å². The molecule has 0 spiro atoms. The summed E-state index contributed by atoms with van der Waals surface area (Å²) >= 11 is 4.27. The van der Waals surface area contributed by atoms with Crippen LogP contribution in [0.15, 0.2) is 59.6 Å². The van der Waals surface area contributed by atoms with Gasteiger partial charge in [-0.2, -0.15) is 0 Å². The first-order valence-corrected chi connectivity index (χ1v) is 10.5. The Balaban J connectivity index is 1.66. The van der Waals surface area contributed by atoms with E-state index < -0.39 is 0 Å². The number of aliphatic imine (C=N–C) groups is 1. The number of hydrogen-bond donors (Lipinski definition) is 1. The Bertz CT molecular complexity index is 875. The lowest BCUT2D eigenvalue weighted by atomic mass is 10.2. The largest absolute Gasteiger partial charge is 0.455 e. The van der Waals surface area contributed by atoms with Gasteiger partial charge in [0.05, 0.1) is 17.3 Å². The van der Waals surface area contributed by atoms with Crippen LogP contribution in [0.2, 0.25) is 0 Å². The molecule has 3 aromatic rings. The molecule has 1 aromatic heterocycles. The third kappa shape index (κ3) is 3.32. The number of aromatic amines is 1. The molecule has 1 atom stereocenters. The Morgan fingerprint density at radius 1 is 1.17 bits per heavy atom. The lowest BCUT2D eigenvalue weighted by molar-refractivity contribution is 0.487. The van der Waals surface area contributed by atoms with Gasteiger partial charge in [-0.1, -0.05) is 52.9 Å². The molecule has 1 aliphatic heterocycles. The van der Waals surface area contributed by atoms with Gasteiger partial charge in [-0.25, -0.2) is 0 Å². The number of ether oxygens (including phenoxy) is 1. The van der Waals surface area contributed by atoms with Crippen molar-refractivity contribution in [3.05, 3.63) is 60.3 Å². The molecule has 2 aromatic carbocycles. The molecule has 0 aliphatic carbocycles. The number of H-pyrrole nitrogens is 1. The number of benzene rings is 2. The van der Waals surface area contributed by atoms with Gasteiger partial charge in [-0.15, -0.1) is 11.8 Å². The summed E-state index contributed by atoms with van der Waals surface area (Å²) in [6, 6.07) is 18.6. The van der Waals surface area contributed by atoms with Crippen LogP contribution < -0.4 is 4.74 Å². The van der Waals surface area contributed by atoms with E-state index in [0.717, 1.165) is 49.7 Å². The monoisotopic (exact) mass is 448 g/mol. The molecule has 0 radical (unpaired) electrons. The smallest absolute Gasteiger partial charge is 0.151 e. The number of fused-ring (bicyclic) bond motifs is 1. The molecule has 0 saturated heterocycles.